The number of carbonyl (C=O) groups excluding carboxylic acids is 2. The van der Waals surface area contributed by atoms with Crippen molar-refractivity contribution < 1.29 is 9.59 Å². The van der Waals surface area contributed by atoms with Gasteiger partial charge in [-0.3, -0.25) is 9.59 Å². The molecule has 0 aromatic rings. The molecule has 0 radical (unpaired) electrons. The molecule has 0 heterocycles. The first-order valence-corrected chi connectivity index (χ1v) is 5.46. The standard InChI is InChI=1S/C10H20N2O2S/c1-6(2)7(15)8(13)12-5-10(3,4)9(11)14/h6-7,15H,5H2,1-4H3,(H2,11,14)(H,12,13). The molecule has 0 saturated heterocycles. The number of amides is 2. The number of nitrogens with one attached hydrogen (secondary N) is 1. The molecule has 5 heteroatoms. The van der Waals surface area contributed by atoms with Gasteiger partial charge < -0.3 is 11.1 Å². The van der Waals surface area contributed by atoms with Gasteiger partial charge in [-0.15, -0.1) is 0 Å². The first kappa shape index (κ1) is 14.3. The van der Waals surface area contributed by atoms with E-state index < -0.39 is 11.3 Å². The first-order chi connectivity index (χ1) is 6.68. The van der Waals surface area contributed by atoms with Crippen LogP contribution in [0.2, 0.25) is 0 Å². The highest BCUT2D eigenvalue weighted by molar-refractivity contribution is 7.81. The number of primary amides is 1. The Balaban J connectivity index is 4.18. The van der Waals surface area contributed by atoms with E-state index in [4.69, 9.17) is 5.73 Å². The van der Waals surface area contributed by atoms with Crippen LogP contribution in [0.5, 0.6) is 0 Å². The van der Waals surface area contributed by atoms with Gasteiger partial charge in [-0.05, 0) is 19.8 Å². The molecule has 0 aliphatic carbocycles. The lowest BCUT2D eigenvalue weighted by Gasteiger charge is -2.22. The van der Waals surface area contributed by atoms with E-state index in [9.17, 15) is 9.59 Å². The largest absolute Gasteiger partial charge is 0.369 e. The van der Waals surface area contributed by atoms with Crippen molar-refractivity contribution in [2.24, 2.45) is 17.1 Å². The summed E-state index contributed by atoms with van der Waals surface area (Å²) < 4.78 is 0. The van der Waals surface area contributed by atoms with E-state index in [-0.39, 0.29) is 23.6 Å². The minimum Gasteiger partial charge on any atom is -0.369 e. The number of carbonyl (C=O) groups is 2. The molecule has 0 aliphatic rings. The normalized spacial score (nSPS) is 13.7. The van der Waals surface area contributed by atoms with Crippen molar-refractivity contribution in [1.29, 1.82) is 0 Å². The van der Waals surface area contributed by atoms with Gasteiger partial charge in [0.05, 0.1) is 10.7 Å². The minimum atomic E-state index is -0.722. The lowest BCUT2D eigenvalue weighted by Crippen LogP contribution is -2.45. The van der Waals surface area contributed by atoms with E-state index >= 15 is 0 Å². The Labute approximate surface area is 96.4 Å². The van der Waals surface area contributed by atoms with Gasteiger partial charge in [0.15, 0.2) is 0 Å². The van der Waals surface area contributed by atoms with Crippen LogP contribution in [0.1, 0.15) is 27.7 Å². The Bertz CT molecular complexity index is 252. The van der Waals surface area contributed by atoms with Crippen molar-refractivity contribution in [3.63, 3.8) is 0 Å². The minimum absolute atomic E-state index is 0.157. The second kappa shape index (κ2) is 5.39. The van der Waals surface area contributed by atoms with Gasteiger partial charge in [-0.1, -0.05) is 13.8 Å². The average molecular weight is 232 g/mol. The van der Waals surface area contributed by atoms with Crippen molar-refractivity contribution in [1.82, 2.24) is 5.32 Å². The van der Waals surface area contributed by atoms with Crippen molar-refractivity contribution in [3.05, 3.63) is 0 Å². The molecule has 15 heavy (non-hydrogen) atoms. The summed E-state index contributed by atoms with van der Waals surface area (Å²) in [5.41, 5.74) is 4.46. The third-order valence-electron chi connectivity index (χ3n) is 2.27. The Morgan fingerprint density at radius 2 is 1.87 bits per heavy atom. The van der Waals surface area contributed by atoms with Crippen molar-refractivity contribution in [2.45, 2.75) is 32.9 Å². The maximum atomic E-state index is 11.5. The molecule has 0 aromatic carbocycles. The fourth-order valence-electron chi connectivity index (χ4n) is 0.803. The van der Waals surface area contributed by atoms with Crippen LogP contribution < -0.4 is 11.1 Å². The molecule has 2 amide bonds. The van der Waals surface area contributed by atoms with Crippen molar-refractivity contribution >= 4 is 24.4 Å². The van der Waals surface area contributed by atoms with Crippen LogP contribution in [0, 0.1) is 11.3 Å². The SMILES string of the molecule is CC(C)C(S)C(=O)NCC(C)(C)C(N)=O. The van der Waals surface area contributed by atoms with E-state index in [0.29, 0.717) is 0 Å². The Kier molecular flexibility index (Phi) is 5.14. The van der Waals surface area contributed by atoms with Gasteiger partial charge in [-0.2, -0.15) is 12.6 Å². The van der Waals surface area contributed by atoms with E-state index in [0.717, 1.165) is 0 Å². The summed E-state index contributed by atoms with van der Waals surface area (Å²) in [5, 5.41) is 2.32. The summed E-state index contributed by atoms with van der Waals surface area (Å²) in [6, 6.07) is 0. The van der Waals surface area contributed by atoms with Gasteiger partial charge in [0.2, 0.25) is 11.8 Å². The third kappa shape index (κ3) is 4.55. The summed E-state index contributed by atoms with van der Waals surface area (Å²) >= 11 is 4.17. The second-order valence-corrected chi connectivity index (χ2v) is 5.21. The van der Waals surface area contributed by atoms with E-state index in [1.165, 1.54) is 0 Å². The summed E-state index contributed by atoms with van der Waals surface area (Å²) in [7, 11) is 0. The highest BCUT2D eigenvalue weighted by atomic mass is 32.1. The number of nitrogens with two attached hydrogens (primary N) is 1. The Hall–Kier alpha value is -0.710. The average Bonchev–Trinajstić information content (AvgIpc) is 2.12. The quantitative estimate of drug-likeness (QED) is 0.606. The molecule has 0 bridgehead atoms. The maximum absolute atomic E-state index is 11.5. The molecule has 0 saturated carbocycles. The molecule has 0 aromatic heterocycles. The molecular weight excluding hydrogens is 212 g/mol. The molecule has 0 spiro atoms. The van der Waals surface area contributed by atoms with Gasteiger partial charge in [0.1, 0.15) is 0 Å². The number of thiol groups is 1. The maximum Gasteiger partial charge on any atom is 0.233 e. The summed E-state index contributed by atoms with van der Waals surface area (Å²) in [4.78, 5) is 22.5. The Morgan fingerprint density at radius 3 is 2.20 bits per heavy atom. The zero-order valence-electron chi connectivity index (χ0n) is 9.70. The zero-order valence-corrected chi connectivity index (χ0v) is 10.6. The number of hydrogen-bond acceptors (Lipinski definition) is 3. The van der Waals surface area contributed by atoms with Gasteiger partial charge in [0.25, 0.3) is 0 Å². The van der Waals surface area contributed by atoms with Crippen molar-refractivity contribution in [2.75, 3.05) is 6.54 Å². The fraction of sp³-hybridized carbons (Fsp3) is 0.800. The van der Waals surface area contributed by atoms with Gasteiger partial charge >= 0.3 is 0 Å². The predicted molar refractivity (Wildman–Crippen MR) is 63.6 cm³/mol. The molecule has 4 nitrogen and oxygen atoms in total. The second-order valence-electron chi connectivity index (χ2n) is 4.65. The number of rotatable bonds is 5. The van der Waals surface area contributed by atoms with E-state index in [1.807, 2.05) is 13.8 Å². The van der Waals surface area contributed by atoms with Crippen LogP contribution in [0.15, 0.2) is 0 Å². The molecule has 88 valence electrons. The van der Waals surface area contributed by atoms with Crippen LogP contribution in [0.4, 0.5) is 0 Å². The summed E-state index contributed by atoms with van der Waals surface area (Å²) in [6.07, 6.45) is 0. The summed E-state index contributed by atoms with van der Waals surface area (Å²) in [6.45, 7) is 7.45. The van der Waals surface area contributed by atoms with Crippen LogP contribution in [0.25, 0.3) is 0 Å². The lowest BCUT2D eigenvalue weighted by molar-refractivity contribution is -0.127. The predicted octanol–water partition coefficient (Wildman–Crippen LogP) is 0.568. The van der Waals surface area contributed by atoms with Crippen LogP contribution in [-0.2, 0) is 9.59 Å². The molecule has 0 fully saturated rings. The van der Waals surface area contributed by atoms with Gasteiger partial charge in [-0.25, -0.2) is 0 Å². The lowest BCUT2D eigenvalue weighted by atomic mass is 9.92. The third-order valence-corrected chi connectivity index (χ3v) is 3.10. The molecule has 1 unspecified atom stereocenters. The first-order valence-electron chi connectivity index (χ1n) is 4.94. The Morgan fingerprint density at radius 1 is 1.40 bits per heavy atom. The zero-order chi connectivity index (χ0) is 12.2. The van der Waals surface area contributed by atoms with Crippen LogP contribution in [0.3, 0.4) is 0 Å². The molecule has 0 rings (SSSR count). The smallest absolute Gasteiger partial charge is 0.233 e. The molecular formula is C10H20N2O2S. The van der Waals surface area contributed by atoms with E-state index in [2.05, 4.69) is 17.9 Å². The van der Waals surface area contributed by atoms with Crippen LogP contribution in [-0.4, -0.2) is 23.6 Å². The van der Waals surface area contributed by atoms with Gasteiger partial charge in [0, 0.05) is 6.54 Å². The highest BCUT2D eigenvalue weighted by Gasteiger charge is 2.27. The molecule has 0 aliphatic heterocycles. The highest BCUT2D eigenvalue weighted by Crippen LogP contribution is 2.13. The fourth-order valence-corrected chi connectivity index (χ4v) is 0.894. The van der Waals surface area contributed by atoms with E-state index in [1.54, 1.807) is 13.8 Å². The number of hydrogen-bond donors (Lipinski definition) is 3. The molecule has 1 atom stereocenters. The van der Waals surface area contributed by atoms with Crippen molar-refractivity contribution in [3.8, 4) is 0 Å². The molecule has 3 N–H and O–H groups in total. The summed E-state index contributed by atoms with van der Waals surface area (Å²) in [5.74, 6) is -0.434. The van der Waals surface area contributed by atoms with Crippen LogP contribution >= 0.6 is 12.6 Å². The topological polar surface area (TPSA) is 72.2 Å². The monoisotopic (exact) mass is 232 g/mol.